The number of carbonyl (C=O) groups excluding carboxylic acids is 1. The highest BCUT2D eigenvalue weighted by Gasteiger charge is 2.25. The Hall–Kier alpha value is -3.00. The molecular formula is C24H31N7O. The van der Waals surface area contributed by atoms with Gasteiger partial charge in [-0.05, 0) is 55.8 Å². The molecule has 0 spiro atoms. The van der Waals surface area contributed by atoms with Crippen LogP contribution in [-0.4, -0.2) is 70.2 Å². The third kappa shape index (κ3) is 4.91. The van der Waals surface area contributed by atoms with Gasteiger partial charge in [-0.25, -0.2) is 9.97 Å². The molecular weight excluding hydrogens is 402 g/mol. The highest BCUT2D eigenvalue weighted by molar-refractivity contribution is 5.86. The van der Waals surface area contributed by atoms with Gasteiger partial charge < -0.3 is 15.1 Å². The van der Waals surface area contributed by atoms with Crippen molar-refractivity contribution in [3.05, 3.63) is 47.9 Å². The van der Waals surface area contributed by atoms with E-state index in [1.807, 2.05) is 0 Å². The van der Waals surface area contributed by atoms with Crippen LogP contribution in [0, 0.1) is 5.92 Å². The average Bonchev–Trinajstić information content (AvgIpc) is 3.57. The number of fused-ring (bicyclic) bond motifs is 1. The fraction of sp³-hybridized carbons (Fsp3) is 0.500. The summed E-state index contributed by atoms with van der Waals surface area (Å²) in [6.07, 6.45) is 8.61. The molecule has 2 fully saturated rings. The summed E-state index contributed by atoms with van der Waals surface area (Å²) in [5, 5.41) is 11.1. The zero-order valence-corrected chi connectivity index (χ0v) is 18.5. The van der Waals surface area contributed by atoms with Gasteiger partial charge in [-0.15, -0.1) is 0 Å². The number of nitrogens with zero attached hydrogens (tertiary/aromatic N) is 5. The number of amides is 1. The van der Waals surface area contributed by atoms with Crippen LogP contribution in [0.5, 0.6) is 0 Å². The Morgan fingerprint density at radius 3 is 2.75 bits per heavy atom. The van der Waals surface area contributed by atoms with Gasteiger partial charge in [0.2, 0.25) is 5.91 Å². The Bertz CT molecular complexity index is 1040. The second-order valence-electron chi connectivity index (χ2n) is 9.03. The van der Waals surface area contributed by atoms with Crippen LogP contribution in [0.3, 0.4) is 0 Å². The molecule has 0 aliphatic carbocycles. The lowest BCUT2D eigenvalue weighted by atomic mass is 9.97. The third-order valence-electron chi connectivity index (χ3n) is 6.67. The van der Waals surface area contributed by atoms with E-state index in [1.165, 1.54) is 31.5 Å². The molecule has 8 heteroatoms. The molecule has 1 atom stereocenters. The molecule has 3 aromatic rings. The Balaban J connectivity index is 1.09. The molecule has 32 heavy (non-hydrogen) atoms. The molecule has 5 rings (SSSR count). The number of carbonyl (C=O) groups is 1. The van der Waals surface area contributed by atoms with Crippen LogP contribution in [0.4, 0.5) is 5.82 Å². The minimum absolute atomic E-state index is 0.110. The van der Waals surface area contributed by atoms with Crippen LogP contribution < -0.4 is 10.2 Å². The summed E-state index contributed by atoms with van der Waals surface area (Å²) in [4.78, 5) is 25.7. The molecule has 4 heterocycles. The molecule has 2 saturated heterocycles. The maximum Gasteiger partial charge on any atom is 0.224 e. The molecule has 2 aliphatic heterocycles. The van der Waals surface area contributed by atoms with Gasteiger partial charge in [0, 0.05) is 26.2 Å². The van der Waals surface area contributed by atoms with E-state index in [1.54, 1.807) is 12.5 Å². The molecule has 2 aliphatic rings. The van der Waals surface area contributed by atoms with Crippen molar-refractivity contribution < 1.29 is 4.79 Å². The monoisotopic (exact) mass is 433 g/mol. The van der Waals surface area contributed by atoms with E-state index in [0.29, 0.717) is 12.3 Å². The third-order valence-corrected chi connectivity index (χ3v) is 6.67. The van der Waals surface area contributed by atoms with Crippen molar-refractivity contribution in [2.24, 2.45) is 5.92 Å². The minimum atomic E-state index is 0.110. The topological polar surface area (TPSA) is 90.0 Å². The number of hydrogen-bond donors (Lipinski definition) is 2. The van der Waals surface area contributed by atoms with Gasteiger partial charge in [0.1, 0.15) is 12.1 Å². The van der Waals surface area contributed by atoms with Gasteiger partial charge in [-0.3, -0.25) is 9.89 Å². The normalized spacial score (nSPS) is 19.1. The standard InChI is InChI=1S/C24H31N7O/c32-22(25-8-12-30-9-1-2-10-30)14-19-5-3-18(4-6-19)13-20-7-11-31(16-20)24-21-15-28-29-23(21)26-17-27-24/h3-6,15,17,20H,1-2,7-14,16H2,(H,25,32)(H,26,27,28,29). The average molecular weight is 434 g/mol. The molecule has 0 saturated carbocycles. The van der Waals surface area contributed by atoms with Crippen molar-refractivity contribution in [2.75, 3.05) is 44.2 Å². The summed E-state index contributed by atoms with van der Waals surface area (Å²) >= 11 is 0. The maximum absolute atomic E-state index is 12.2. The van der Waals surface area contributed by atoms with Gasteiger partial charge >= 0.3 is 0 Å². The van der Waals surface area contributed by atoms with Crippen LogP contribution in [-0.2, 0) is 17.6 Å². The van der Waals surface area contributed by atoms with Crippen molar-refractivity contribution in [1.82, 2.24) is 30.4 Å². The fourth-order valence-electron chi connectivity index (χ4n) is 4.93. The number of benzene rings is 1. The summed E-state index contributed by atoms with van der Waals surface area (Å²) in [5.74, 6) is 1.67. The Kier molecular flexibility index (Phi) is 6.29. The van der Waals surface area contributed by atoms with Crippen LogP contribution in [0.1, 0.15) is 30.4 Å². The van der Waals surface area contributed by atoms with E-state index in [0.717, 1.165) is 61.4 Å². The summed E-state index contributed by atoms with van der Waals surface area (Å²) in [6, 6.07) is 8.55. The Morgan fingerprint density at radius 1 is 1.09 bits per heavy atom. The summed E-state index contributed by atoms with van der Waals surface area (Å²) in [5.41, 5.74) is 3.18. The lowest BCUT2D eigenvalue weighted by Crippen LogP contribution is -2.34. The largest absolute Gasteiger partial charge is 0.356 e. The van der Waals surface area contributed by atoms with E-state index in [4.69, 9.17) is 0 Å². The first-order valence-electron chi connectivity index (χ1n) is 11.7. The minimum Gasteiger partial charge on any atom is -0.356 e. The molecule has 1 amide bonds. The van der Waals surface area contributed by atoms with E-state index < -0.39 is 0 Å². The van der Waals surface area contributed by atoms with E-state index in [2.05, 4.69) is 59.5 Å². The number of hydrogen-bond acceptors (Lipinski definition) is 6. The Morgan fingerprint density at radius 2 is 1.91 bits per heavy atom. The predicted molar refractivity (Wildman–Crippen MR) is 125 cm³/mol. The van der Waals surface area contributed by atoms with Gasteiger partial charge in [0.25, 0.3) is 0 Å². The van der Waals surface area contributed by atoms with Crippen LogP contribution in [0.2, 0.25) is 0 Å². The van der Waals surface area contributed by atoms with E-state index in [9.17, 15) is 4.79 Å². The molecule has 1 aromatic carbocycles. The van der Waals surface area contributed by atoms with E-state index in [-0.39, 0.29) is 5.91 Å². The van der Waals surface area contributed by atoms with Crippen LogP contribution in [0.25, 0.3) is 11.0 Å². The van der Waals surface area contributed by atoms with Crippen molar-refractivity contribution in [1.29, 1.82) is 0 Å². The molecule has 1 unspecified atom stereocenters. The van der Waals surface area contributed by atoms with Gasteiger partial charge in [-0.2, -0.15) is 5.10 Å². The molecule has 8 nitrogen and oxygen atoms in total. The number of nitrogens with one attached hydrogen (secondary N) is 2. The number of rotatable bonds is 8. The molecule has 2 aromatic heterocycles. The zero-order valence-electron chi connectivity index (χ0n) is 18.5. The van der Waals surface area contributed by atoms with Crippen LogP contribution >= 0.6 is 0 Å². The molecule has 0 radical (unpaired) electrons. The number of likely N-dealkylation sites (tertiary alicyclic amines) is 1. The molecule has 168 valence electrons. The SMILES string of the molecule is O=C(Cc1ccc(CC2CCN(c3ncnc4[nH]ncc34)C2)cc1)NCCN1CCCC1. The first-order chi connectivity index (χ1) is 15.7. The molecule has 0 bridgehead atoms. The number of H-pyrrole nitrogens is 1. The van der Waals surface area contributed by atoms with Crippen molar-refractivity contribution >= 4 is 22.8 Å². The lowest BCUT2D eigenvalue weighted by Gasteiger charge is -2.18. The smallest absolute Gasteiger partial charge is 0.224 e. The first kappa shape index (κ1) is 20.9. The van der Waals surface area contributed by atoms with Crippen molar-refractivity contribution in [2.45, 2.75) is 32.1 Å². The summed E-state index contributed by atoms with van der Waals surface area (Å²) in [7, 11) is 0. The predicted octanol–water partition coefficient (Wildman–Crippen LogP) is 2.18. The quantitative estimate of drug-likeness (QED) is 0.566. The zero-order chi connectivity index (χ0) is 21.8. The fourth-order valence-corrected chi connectivity index (χ4v) is 4.93. The highest BCUT2D eigenvalue weighted by Crippen LogP contribution is 2.28. The second kappa shape index (κ2) is 9.65. The lowest BCUT2D eigenvalue weighted by molar-refractivity contribution is -0.120. The Labute approximate surface area is 188 Å². The number of aromatic nitrogens is 4. The summed E-state index contributed by atoms with van der Waals surface area (Å²) < 4.78 is 0. The van der Waals surface area contributed by atoms with E-state index >= 15 is 0 Å². The number of aromatic amines is 1. The highest BCUT2D eigenvalue weighted by atomic mass is 16.1. The second-order valence-corrected chi connectivity index (χ2v) is 9.03. The van der Waals surface area contributed by atoms with Gasteiger partial charge in [-0.1, -0.05) is 24.3 Å². The first-order valence-corrected chi connectivity index (χ1v) is 11.7. The van der Waals surface area contributed by atoms with Gasteiger partial charge in [0.15, 0.2) is 5.65 Å². The summed E-state index contributed by atoms with van der Waals surface area (Å²) in [6.45, 7) is 6.03. The van der Waals surface area contributed by atoms with Crippen LogP contribution in [0.15, 0.2) is 36.8 Å². The maximum atomic E-state index is 12.2. The molecule has 2 N–H and O–H groups in total. The van der Waals surface area contributed by atoms with Crippen molar-refractivity contribution in [3.63, 3.8) is 0 Å². The van der Waals surface area contributed by atoms with Crippen molar-refractivity contribution in [3.8, 4) is 0 Å². The number of anilines is 1. The van der Waals surface area contributed by atoms with Gasteiger partial charge in [0.05, 0.1) is 18.0 Å².